The van der Waals surface area contributed by atoms with Gasteiger partial charge in [0.05, 0.1) is 23.9 Å². The lowest BCUT2D eigenvalue weighted by molar-refractivity contribution is -0.149. The van der Waals surface area contributed by atoms with Gasteiger partial charge in [0.15, 0.2) is 10.1 Å². The van der Waals surface area contributed by atoms with Crippen LogP contribution in [-0.4, -0.2) is 64.0 Å². The lowest BCUT2D eigenvalue weighted by atomic mass is 10.0. The summed E-state index contributed by atoms with van der Waals surface area (Å²) in [6.45, 7) is 1.85. The van der Waals surface area contributed by atoms with Gasteiger partial charge in [-0.05, 0) is 24.6 Å². The van der Waals surface area contributed by atoms with Gasteiger partial charge in [0.25, 0.3) is 11.8 Å². The molecule has 3 aromatic rings. The summed E-state index contributed by atoms with van der Waals surface area (Å²) in [5, 5.41) is 14.9. The van der Waals surface area contributed by atoms with E-state index in [0.29, 0.717) is 16.9 Å². The van der Waals surface area contributed by atoms with E-state index in [1.807, 2.05) is 24.3 Å². The van der Waals surface area contributed by atoms with E-state index < -0.39 is 23.8 Å². The molecule has 0 radical (unpaired) electrons. The maximum atomic E-state index is 12.9. The van der Waals surface area contributed by atoms with Crippen LogP contribution in [0.15, 0.2) is 75.4 Å². The van der Waals surface area contributed by atoms with E-state index in [-0.39, 0.29) is 18.0 Å². The number of likely N-dealkylation sites (tertiary alicyclic amines) is 1. The molecule has 1 aliphatic heterocycles. The molecule has 0 spiro atoms. The first-order chi connectivity index (χ1) is 16.9. The molecule has 4 rings (SSSR count). The molecule has 11 heteroatoms. The first-order valence-electron chi connectivity index (χ1n) is 10.6. The standard InChI is InChI=1S/C24H22N4O5S2/c1-14(13-34-24-26-16-10-6-7-11-18(16)35-24)20(23(31)33-2)28-12-17(22(28)30)25-21(29)19(27-32)15-8-4-3-5-9-15/h3-11,17,32H,12-13H2,1-2H3,(H,25,29). The van der Waals surface area contributed by atoms with Crippen molar-refractivity contribution in [2.45, 2.75) is 17.3 Å². The molecule has 2 heterocycles. The van der Waals surface area contributed by atoms with Gasteiger partial charge in [-0.1, -0.05) is 59.4 Å². The number of hydrogen-bond acceptors (Lipinski definition) is 9. The smallest absolute Gasteiger partial charge is 0.354 e. The molecule has 1 saturated heterocycles. The summed E-state index contributed by atoms with van der Waals surface area (Å²) in [5.41, 5.74) is 1.92. The van der Waals surface area contributed by atoms with Crippen molar-refractivity contribution in [3.63, 3.8) is 0 Å². The van der Waals surface area contributed by atoms with Crippen molar-refractivity contribution in [1.29, 1.82) is 0 Å². The van der Waals surface area contributed by atoms with Gasteiger partial charge in [0, 0.05) is 11.3 Å². The molecule has 0 saturated carbocycles. The number of nitrogens with zero attached hydrogens (tertiary/aromatic N) is 3. The quantitative estimate of drug-likeness (QED) is 0.0909. The zero-order valence-corrected chi connectivity index (χ0v) is 20.6. The highest BCUT2D eigenvalue weighted by molar-refractivity contribution is 8.01. The summed E-state index contributed by atoms with van der Waals surface area (Å²) < 4.78 is 6.84. The van der Waals surface area contributed by atoms with Crippen LogP contribution < -0.4 is 5.32 Å². The number of ether oxygens (including phenoxy) is 1. The predicted octanol–water partition coefficient (Wildman–Crippen LogP) is 3.04. The molecular weight excluding hydrogens is 488 g/mol. The van der Waals surface area contributed by atoms with Crippen LogP contribution in [0.4, 0.5) is 0 Å². The van der Waals surface area contributed by atoms with Gasteiger partial charge in [-0.15, -0.1) is 11.3 Å². The molecule has 1 aromatic heterocycles. The molecule has 1 aliphatic rings. The van der Waals surface area contributed by atoms with Crippen LogP contribution in [0, 0.1) is 0 Å². The first kappa shape index (κ1) is 24.4. The average molecular weight is 511 g/mol. The van der Waals surface area contributed by atoms with Crippen molar-refractivity contribution in [3.8, 4) is 0 Å². The number of thiazole rings is 1. The van der Waals surface area contributed by atoms with Gasteiger partial charge in [-0.2, -0.15) is 0 Å². The minimum atomic E-state index is -0.854. The Kier molecular flexibility index (Phi) is 7.47. The summed E-state index contributed by atoms with van der Waals surface area (Å²) >= 11 is 3.03. The van der Waals surface area contributed by atoms with Crippen LogP contribution in [0.1, 0.15) is 12.5 Å². The van der Waals surface area contributed by atoms with Crippen LogP contribution in [0.5, 0.6) is 0 Å². The number of fused-ring (bicyclic) bond motifs is 1. The van der Waals surface area contributed by atoms with Crippen LogP contribution >= 0.6 is 23.1 Å². The van der Waals surface area contributed by atoms with Crippen LogP contribution in [-0.2, 0) is 19.1 Å². The lowest BCUT2D eigenvalue weighted by Gasteiger charge is -2.39. The number of amides is 2. The molecule has 2 N–H and O–H groups in total. The molecule has 9 nitrogen and oxygen atoms in total. The van der Waals surface area contributed by atoms with Crippen molar-refractivity contribution >= 4 is 56.8 Å². The maximum Gasteiger partial charge on any atom is 0.354 e. The summed E-state index contributed by atoms with van der Waals surface area (Å²) in [5.74, 6) is -1.34. The zero-order chi connectivity index (χ0) is 24.9. The fourth-order valence-electron chi connectivity index (χ4n) is 3.55. The highest BCUT2D eigenvalue weighted by Gasteiger charge is 2.43. The minimum Gasteiger partial charge on any atom is -0.464 e. The van der Waals surface area contributed by atoms with Crippen LogP contribution in [0.2, 0.25) is 0 Å². The molecule has 0 aliphatic carbocycles. The van der Waals surface area contributed by atoms with Gasteiger partial charge in [-0.25, -0.2) is 9.78 Å². The van der Waals surface area contributed by atoms with Crippen molar-refractivity contribution in [2.75, 3.05) is 19.4 Å². The molecule has 2 aromatic carbocycles. The highest BCUT2D eigenvalue weighted by Crippen LogP contribution is 2.32. The number of para-hydroxylation sites is 1. The third kappa shape index (κ3) is 5.20. The first-order valence-corrected chi connectivity index (χ1v) is 12.4. The van der Waals surface area contributed by atoms with E-state index in [0.717, 1.165) is 14.6 Å². The van der Waals surface area contributed by atoms with Gasteiger partial charge in [0.2, 0.25) is 0 Å². The van der Waals surface area contributed by atoms with Crippen molar-refractivity contribution < 1.29 is 24.3 Å². The number of aromatic nitrogens is 1. The van der Waals surface area contributed by atoms with Gasteiger partial charge in [-0.3, -0.25) is 9.59 Å². The van der Waals surface area contributed by atoms with Gasteiger partial charge < -0.3 is 20.2 Å². The number of rotatable bonds is 8. The maximum absolute atomic E-state index is 12.9. The third-order valence-electron chi connectivity index (χ3n) is 5.34. The SMILES string of the molecule is COC(=O)C(=C(C)CSc1nc2ccccc2s1)N1CC(NC(=O)C(=NO)c2ccccc2)C1=O. The molecule has 1 unspecified atom stereocenters. The second kappa shape index (κ2) is 10.7. The van der Waals surface area contributed by atoms with Crippen molar-refractivity contribution in [3.05, 3.63) is 71.4 Å². The van der Waals surface area contributed by atoms with Crippen molar-refractivity contribution in [1.82, 2.24) is 15.2 Å². The van der Waals surface area contributed by atoms with Crippen molar-refractivity contribution in [2.24, 2.45) is 5.16 Å². The van der Waals surface area contributed by atoms with E-state index >= 15 is 0 Å². The topological polar surface area (TPSA) is 121 Å². The Balaban J connectivity index is 1.44. The number of thioether (sulfide) groups is 1. The average Bonchev–Trinajstić information content (AvgIpc) is 3.30. The normalized spacial score (nSPS) is 16.5. The number of methoxy groups -OCH3 is 1. The van der Waals surface area contributed by atoms with E-state index in [2.05, 4.69) is 15.5 Å². The Bertz CT molecular complexity index is 1300. The number of benzene rings is 2. The Morgan fingerprint density at radius 2 is 1.94 bits per heavy atom. The zero-order valence-electron chi connectivity index (χ0n) is 18.9. The van der Waals surface area contributed by atoms with E-state index in [1.54, 1.807) is 48.6 Å². The summed E-state index contributed by atoms with van der Waals surface area (Å²) in [6, 6.07) is 15.4. The fourth-order valence-corrected chi connectivity index (χ4v) is 5.57. The second-order valence-electron chi connectivity index (χ2n) is 7.65. The Hall–Kier alpha value is -3.70. The number of nitrogens with one attached hydrogen (secondary N) is 1. The monoisotopic (exact) mass is 510 g/mol. The molecule has 1 atom stereocenters. The highest BCUT2D eigenvalue weighted by atomic mass is 32.2. The number of esters is 1. The van der Waals surface area contributed by atoms with Crippen LogP contribution in [0.3, 0.4) is 0 Å². The van der Waals surface area contributed by atoms with Gasteiger partial charge in [0.1, 0.15) is 11.7 Å². The molecule has 180 valence electrons. The molecular formula is C24H22N4O5S2. The molecule has 2 amide bonds. The molecule has 0 bridgehead atoms. The summed E-state index contributed by atoms with van der Waals surface area (Å²) in [4.78, 5) is 43.8. The Morgan fingerprint density at radius 3 is 2.60 bits per heavy atom. The predicted molar refractivity (Wildman–Crippen MR) is 133 cm³/mol. The van der Waals surface area contributed by atoms with Crippen LogP contribution in [0.25, 0.3) is 10.2 Å². The summed E-state index contributed by atoms with van der Waals surface area (Å²) in [6.07, 6.45) is 0. The second-order valence-corrected chi connectivity index (χ2v) is 9.90. The number of carbonyl (C=O) groups excluding carboxylic acids is 3. The number of β-lactam (4-membered cyclic amide) rings is 1. The molecule has 1 fully saturated rings. The minimum absolute atomic E-state index is 0.0889. The number of hydrogen-bond donors (Lipinski definition) is 2. The van der Waals surface area contributed by atoms with E-state index in [9.17, 15) is 19.6 Å². The number of oxime groups is 1. The largest absolute Gasteiger partial charge is 0.464 e. The fraction of sp³-hybridized carbons (Fsp3) is 0.208. The number of carbonyl (C=O) groups is 3. The van der Waals surface area contributed by atoms with Gasteiger partial charge >= 0.3 is 5.97 Å². The molecule has 35 heavy (non-hydrogen) atoms. The summed E-state index contributed by atoms with van der Waals surface area (Å²) in [7, 11) is 1.25. The lowest BCUT2D eigenvalue weighted by Crippen LogP contribution is -2.64. The Morgan fingerprint density at radius 1 is 1.23 bits per heavy atom. The van der Waals surface area contributed by atoms with E-state index in [1.165, 1.54) is 23.8 Å². The Labute approximate surface area is 209 Å². The van der Waals surface area contributed by atoms with E-state index in [4.69, 9.17) is 4.74 Å². The third-order valence-corrected chi connectivity index (χ3v) is 7.69.